The molecule has 1 saturated carbocycles. The average Bonchev–Trinajstić information content (AvgIpc) is 2.56. The summed E-state index contributed by atoms with van der Waals surface area (Å²) in [7, 11) is 1.27. The Hall–Kier alpha value is -1.52. The first-order chi connectivity index (χ1) is 11.0. The molecule has 2 rings (SSSR count). The van der Waals surface area contributed by atoms with Gasteiger partial charge in [-0.1, -0.05) is 42.5 Å². The van der Waals surface area contributed by atoms with E-state index in [1.165, 1.54) is 25.7 Å². The topological polar surface area (TPSA) is 55.4 Å². The predicted octanol–water partition coefficient (Wildman–Crippen LogP) is 4.77. The van der Waals surface area contributed by atoms with Crippen molar-refractivity contribution >= 4 is 40.8 Å². The second kappa shape index (κ2) is 8.37. The van der Waals surface area contributed by atoms with Crippen LogP contribution >= 0.6 is 23.2 Å². The number of amides is 1. The number of rotatable bonds is 4. The number of allylic oxidation sites excluding steroid dienone is 1. The van der Waals surface area contributed by atoms with Gasteiger partial charge in [0.2, 0.25) is 5.91 Å². The Balaban J connectivity index is 2.12. The Labute approximate surface area is 145 Å². The third-order valence-corrected chi connectivity index (χ3v) is 4.56. The maximum absolute atomic E-state index is 12.2. The number of carbonyl (C=O) groups is 2. The van der Waals surface area contributed by atoms with E-state index >= 15 is 0 Å². The lowest BCUT2D eigenvalue weighted by Crippen LogP contribution is -2.15. The fourth-order valence-corrected chi connectivity index (χ4v) is 3.18. The minimum atomic E-state index is -0.565. The normalized spacial score (nSPS) is 16.0. The number of halogens is 2. The molecule has 0 aliphatic heterocycles. The standard InChI is InChI=1S/C17H19Cl2NO3/c1-23-17(22)13-9-12(18)7-8-15(13)20-16(21)10-14(19)11-5-3-2-4-6-11/h7-11H,2-6H2,1H3,(H,20,21). The minimum Gasteiger partial charge on any atom is -0.465 e. The molecular formula is C17H19Cl2NO3. The zero-order valence-electron chi connectivity index (χ0n) is 12.9. The van der Waals surface area contributed by atoms with Gasteiger partial charge in [0.05, 0.1) is 18.4 Å². The smallest absolute Gasteiger partial charge is 0.340 e. The van der Waals surface area contributed by atoms with E-state index in [-0.39, 0.29) is 17.4 Å². The molecule has 124 valence electrons. The van der Waals surface area contributed by atoms with E-state index in [0.717, 1.165) is 25.7 Å². The summed E-state index contributed by atoms with van der Waals surface area (Å²) in [6.07, 6.45) is 6.92. The average molecular weight is 356 g/mol. The van der Waals surface area contributed by atoms with Gasteiger partial charge in [-0.15, -0.1) is 0 Å². The van der Waals surface area contributed by atoms with E-state index < -0.39 is 5.97 Å². The van der Waals surface area contributed by atoms with Gasteiger partial charge < -0.3 is 10.1 Å². The molecule has 1 N–H and O–H groups in total. The number of nitrogens with one attached hydrogen (secondary N) is 1. The molecule has 0 unspecified atom stereocenters. The van der Waals surface area contributed by atoms with Crippen molar-refractivity contribution in [1.29, 1.82) is 0 Å². The van der Waals surface area contributed by atoms with E-state index in [1.807, 2.05) is 0 Å². The number of ether oxygens (including phenoxy) is 1. The Morgan fingerprint density at radius 2 is 1.96 bits per heavy atom. The van der Waals surface area contributed by atoms with Crippen molar-refractivity contribution in [2.75, 3.05) is 12.4 Å². The van der Waals surface area contributed by atoms with Gasteiger partial charge in [-0.25, -0.2) is 4.79 Å². The summed E-state index contributed by atoms with van der Waals surface area (Å²) in [5.41, 5.74) is 0.547. The fraction of sp³-hybridized carbons (Fsp3) is 0.412. The monoisotopic (exact) mass is 355 g/mol. The summed E-state index contributed by atoms with van der Waals surface area (Å²) < 4.78 is 4.70. The van der Waals surface area contributed by atoms with E-state index in [2.05, 4.69) is 5.32 Å². The molecule has 4 nitrogen and oxygen atoms in total. The van der Waals surface area contributed by atoms with Crippen molar-refractivity contribution in [2.24, 2.45) is 5.92 Å². The van der Waals surface area contributed by atoms with E-state index in [0.29, 0.717) is 15.7 Å². The van der Waals surface area contributed by atoms with Crippen LogP contribution in [0.4, 0.5) is 5.69 Å². The van der Waals surface area contributed by atoms with Crippen LogP contribution in [0, 0.1) is 5.92 Å². The van der Waals surface area contributed by atoms with E-state index in [1.54, 1.807) is 12.1 Å². The van der Waals surface area contributed by atoms with Crippen molar-refractivity contribution in [3.63, 3.8) is 0 Å². The van der Waals surface area contributed by atoms with E-state index in [9.17, 15) is 9.59 Å². The van der Waals surface area contributed by atoms with Gasteiger partial charge in [-0.3, -0.25) is 4.79 Å². The summed E-state index contributed by atoms with van der Waals surface area (Å²) in [5.74, 6) is -0.681. The maximum Gasteiger partial charge on any atom is 0.340 e. The van der Waals surface area contributed by atoms with Crippen molar-refractivity contribution in [1.82, 2.24) is 0 Å². The molecule has 0 radical (unpaired) electrons. The Kier molecular flexibility index (Phi) is 6.48. The van der Waals surface area contributed by atoms with Crippen LogP contribution in [0.2, 0.25) is 5.02 Å². The predicted molar refractivity (Wildman–Crippen MR) is 91.9 cm³/mol. The van der Waals surface area contributed by atoms with Crippen LogP contribution in [0.5, 0.6) is 0 Å². The molecule has 23 heavy (non-hydrogen) atoms. The molecule has 0 bridgehead atoms. The first-order valence-electron chi connectivity index (χ1n) is 7.57. The van der Waals surface area contributed by atoms with Crippen LogP contribution in [0.15, 0.2) is 29.3 Å². The Morgan fingerprint density at radius 1 is 1.26 bits per heavy atom. The SMILES string of the molecule is COC(=O)c1cc(Cl)ccc1NC(=O)C=C(Cl)C1CCCCC1. The number of hydrogen-bond donors (Lipinski definition) is 1. The van der Waals surface area contributed by atoms with Crippen LogP contribution in [-0.2, 0) is 9.53 Å². The number of esters is 1. The highest BCUT2D eigenvalue weighted by molar-refractivity contribution is 6.32. The lowest BCUT2D eigenvalue weighted by atomic mass is 9.89. The van der Waals surface area contributed by atoms with E-state index in [4.69, 9.17) is 27.9 Å². The Morgan fingerprint density at radius 3 is 2.61 bits per heavy atom. The summed E-state index contributed by atoms with van der Waals surface area (Å²) >= 11 is 12.1. The highest BCUT2D eigenvalue weighted by Crippen LogP contribution is 2.31. The van der Waals surface area contributed by atoms with Crippen LogP contribution < -0.4 is 5.32 Å². The van der Waals surface area contributed by atoms with Crippen LogP contribution in [0.3, 0.4) is 0 Å². The van der Waals surface area contributed by atoms with Crippen molar-refractivity contribution in [3.8, 4) is 0 Å². The number of methoxy groups -OCH3 is 1. The van der Waals surface area contributed by atoms with Gasteiger partial charge in [-0.2, -0.15) is 0 Å². The zero-order chi connectivity index (χ0) is 16.8. The number of hydrogen-bond acceptors (Lipinski definition) is 3. The highest BCUT2D eigenvalue weighted by Gasteiger charge is 2.18. The van der Waals surface area contributed by atoms with Gasteiger partial charge in [-0.05, 0) is 37.0 Å². The van der Waals surface area contributed by atoms with Crippen molar-refractivity contribution in [3.05, 3.63) is 39.9 Å². The van der Waals surface area contributed by atoms with Crippen LogP contribution in [0.1, 0.15) is 42.5 Å². The third kappa shape index (κ3) is 4.98. The largest absolute Gasteiger partial charge is 0.465 e. The molecule has 6 heteroatoms. The third-order valence-electron chi connectivity index (χ3n) is 3.91. The van der Waals surface area contributed by atoms with Gasteiger partial charge in [0.1, 0.15) is 0 Å². The molecular weight excluding hydrogens is 337 g/mol. The molecule has 1 fully saturated rings. The molecule has 0 saturated heterocycles. The lowest BCUT2D eigenvalue weighted by Gasteiger charge is -2.20. The minimum absolute atomic E-state index is 0.204. The summed E-state index contributed by atoms with van der Waals surface area (Å²) in [6.45, 7) is 0. The van der Waals surface area contributed by atoms with Gasteiger partial charge in [0.15, 0.2) is 0 Å². The summed E-state index contributed by atoms with van der Waals surface area (Å²) in [6, 6.07) is 4.61. The highest BCUT2D eigenvalue weighted by atomic mass is 35.5. The van der Waals surface area contributed by atoms with Crippen molar-refractivity contribution < 1.29 is 14.3 Å². The Bertz CT molecular complexity index is 622. The van der Waals surface area contributed by atoms with Gasteiger partial charge in [0.25, 0.3) is 0 Å². The van der Waals surface area contributed by atoms with Crippen LogP contribution in [0.25, 0.3) is 0 Å². The second-order valence-electron chi connectivity index (χ2n) is 5.53. The van der Waals surface area contributed by atoms with Crippen molar-refractivity contribution in [2.45, 2.75) is 32.1 Å². The zero-order valence-corrected chi connectivity index (χ0v) is 14.4. The lowest BCUT2D eigenvalue weighted by molar-refractivity contribution is -0.112. The molecule has 1 aromatic rings. The first-order valence-corrected chi connectivity index (χ1v) is 8.33. The summed E-state index contributed by atoms with van der Waals surface area (Å²) in [5, 5.41) is 3.62. The molecule has 1 aromatic carbocycles. The molecule has 0 heterocycles. The molecule has 0 aromatic heterocycles. The number of benzene rings is 1. The first kappa shape index (κ1) is 17.8. The van der Waals surface area contributed by atoms with Gasteiger partial charge >= 0.3 is 5.97 Å². The molecule has 1 aliphatic carbocycles. The molecule has 0 spiro atoms. The quantitative estimate of drug-likeness (QED) is 0.625. The number of anilines is 1. The number of carbonyl (C=O) groups excluding carboxylic acids is 2. The second-order valence-corrected chi connectivity index (χ2v) is 6.41. The van der Waals surface area contributed by atoms with Crippen LogP contribution in [-0.4, -0.2) is 19.0 Å². The fourth-order valence-electron chi connectivity index (χ4n) is 2.69. The molecule has 1 amide bonds. The maximum atomic E-state index is 12.2. The molecule has 1 aliphatic rings. The van der Waals surface area contributed by atoms with Gasteiger partial charge in [0, 0.05) is 16.1 Å². The molecule has 0 atom stereocenters. The summed E-state index contributed by atoms with van der Waals surface area (Å²) in [4.78, 5) is 23.9.